The highest BCUT2D eigenvalue weighted by molar-refractivity contribution is 5.92. The van der Waals surface area contributed by atoms with Crippen LogP contribution in [0, 0.1) is 5.92 Å². The molecule has 1 aromatic carbocycles. The molecule has 8 nitrogen and oxygen atoms in total. The Morgan fingerprint density at radius 2 is 1.67 bits per heavy atom. The van der Waals surface area contributed by atoms with Crippen molar-refractivity contribution in [1.29, 1.82) is 0 Å². The third-order valence-electron chi connectivity index (χ3n) is 6.25. The van der Waals surface area contributed by atoms with E-state index in [2.05, 4.69) is 5.32 Å². The van der Waals surface area contributed by atoms with E-state index in [4.69, 9.17) is 14.2 Å². The summed E-state index contributed by atoms with van der Waals surface area (Å²) < 4.78 is 16.6. The number of aliphatic hydroxyl groups excluding tert-OH is 1. The van der Waals surface area contributed by atoms with Crippen LogP contribution in [0.4, 0.5) is 5.69 Å². The van der Waals surface area contributed by atoms with Crippen molar-refractivity contribution < 1.29 is 28.9 Å². The molecule has 164 valence electrons. The van der Waals surface area contributed by atoms with Gasteiger partial charge in [0, 0.05) is 44.1 Å². The van der Waals surface area contributed by atoms with E-state index < -0.39 is 12.1 Å². The molecule has 0 aromatic heterocycles. The van der Waals surface area contributed by atoms with Crippen LogP contribution in [0.25, 0.3) is 0 Å². The Morgan fingerprint density at radius 3 is 2.30 bits per heavy atom. The highest BCUT2D eigenvalue weighted by atomic mass is 16.5. The summed E-state index contributed by atoms with van der Waals surface area (Å²) in [6, 6.07) is 7.11. The van der Waals surface area contributed by atoms with E-state index in [0.29, 0.717) is 26.4 Å². The van der Waals surface area contributed by atoms with Crippen molar-refractivity contribution in [3.8, 4) is 0 Å². The molecule has 3 aliphatic heterocycles. The van der Waals surface area contributed by atoms with Gasteiger partial charge in [0.25, 0.3) is 0 Å². The van der Waals surface area contributed by atoms with Crippen molar-refractivity contribution in [3.05, 3.63) is 29.8 Å². The van der Waals surface area contributed by atoms with Gasteiger partial charge in [0.2, 0.25) is 11.8 Å². The number of hydrogen-bond acceptors (Lipinski definition) is 6. The first-order valence-electron chi connectivity index (χ1n) is 10.8. The van der Waals surface area contributed by atoms with Gasteiger partial charge in [-0.25, -0.2) is 0 Å². The van der Waals surface area contributed by atoms with Gasteiger partial charge >= 0.3 is 0 Å². The van der Waals surface area contributed by atoms with Crippen LogP contribution in [-0.4, -0.2) is 73.5 Å². The van der Waals surface area contributed by atoms with E-state index in [1.54, 1.807) is 4.90 Å². The zero-order chi connectivity index (χ0) is 20.9. The fourth-order valence-electron chi connectivity index (χ4n) is 4.58. The number of hydrogen-bond donors (Lipinski definition) is 2. The molecule has 1 aromatic rings. The number of aliphatic hydroxyl groups is 1. The zero-order valence-electron chi connectivity index (χ0n) is 17.1. The van der Waals surface area contributed by atoms with Crippen molar-refractivity contribution in [1.82, 2.24) is 4.90 Å². The molecule has 4 rings (SSSR count). The minimum atomic E-state index is -0.433. The molecule has 3 heterocycles. The molecule has 2 unspecified atom stereocenters. The maximum atomic E-state index is 12.6. The van der Waals surface area contributed by atoms with Gasteiger partial charge in [-0.1, -0.05) is 12.1 Å². The van der Waals surface area contributed by atoms with Crippen LogP contribution >= 0.6 is 0 Å². The van der Waals surface area contributed by atoms with E-state index in [-0.39, 0.29) is 37.0 Å². The Labute approximate surface area is 176 Å². The first kappa shape index (κ1) is 21.2. The minimum Gasteiger partial charge on any atom is -0.394 e. The molecule has 2 amide bonds. The predicted molar refractivity (Wildman–Crippen MR) is 109 cm³/mol. The van der Waals surface area contributed by atoms with E-state index >= 15 is 0 Å². The number of rotatable bonds is 5. The molecule has 3 saturated heterocycles. The third kappa shape index (κ3) is 4.67. The summed E-state index contributed by atoms with van der Waals surface area (Å²) in [5, 5.41) is 13.1. The normalized spacial score (nSPS) is 26.6. The highest BCUT2D eigenvalue weighted by Crippen LogP contribution is 2.33. The quantitative estimate of drug-likeness (QED) is 0.752. The number of amides is 2. The SMILES string of the molecule is O=C(Nc1ccc(C2OCC(=O)N(C3CCOCC3)C2CO)cc1)C1CCOCC1. The fourth-order valence-corrected chi connectivity index (χ4v) is 4.58. The molecule has 30 heavy (non-hydrogen) atoms. The van der Waals surface area contributed by atoms with Gasteiger partial charge in [0.1, 0.15) is 12.7 Å². The average molecular weight is 418 g/mol. The number of anilines is 1. The van der Waals surface area contributed by atoms with Gasteiger partial charge in [-0.15, -0.1) is 0 Å². The second kappa shape index (κ2) is 9.87. The predicted octanol–water partition coefficient (Wildman–Crippen LogP) is 1.49. The molecule has 2 N–H and O–H groups in total. The lowest BCUT2D eigenvalue weighted by Crippen LogP contribution is -2.57. The van der Waals surface area contributed by atoms with Crippen LogP contribution in [0.2, 0.25) is 0 Å². The monoisotopic (exact) mass is 418 g/mol. The summed E-state index contributed by atoms with van der Waals surface area (Å²) >= 11 is 0. The maximum absolute atomic E-state index is 12.6. The standard InChI is InChI=1S/C22H30N2O6/c25-13-19-21(30-14-20(26)24(19)18-7-11-29-12-8-18)15-1-3-17(4-2-15)23-22(27)16-5-9-28-10-6-16/h1-4,16,18-19,21,25H,5-14H2,(H,23,27). The second-order valence-electron chi connectivity index (χ2n) is 8.12. The van der Waals surface area contributed by atoms with Crippen LogP contribution in [0.1, 0.15) is 37.4 Å². The Kier molecular flexibility index (Phi) is 6.99. The number of carbonyl (C=O) groups is 2. The molecule has 0 aliphatic carbocycles. The van der Waals surface area contributed by atoms with Gasteiger partial charge in [0.15, 0.2) is 0 Å². The smallest absolute Gasteiger partial charge is 0.249 e. The average Bonchev–Trinajstić information content (AvgIpc) is 2.80. The molecular weight excluding hydrogens is 388 g/mol. The van der Waals surface area contributed by atoms with E-state index in [1.165, 1.54) is 0 Å². The fraction of sp³-hybridized carbons (Fsp3) is 0.636. The van der Waals surface area contributed by atoms with Gasteiger partial charge in [0.05, 0.1) is 12.6 Å². The lowest BCUT2D eigenvalue weighted by molar-refractivity contribution is -0.168. The number of benzene rings is 1. The van der Waals surface area contributed by atoms with Gasteiger partial charge in [-0.2, -0.15) is 0 Å². The summed E-state index contributed by atoms with van der Waals surface area (Å²) in [6.45, 7) is 2.33. The minimum absolute atomic E-state index is 0.000756. The van der Waals surface area contributed by atoms with E-state index in [1.807, 2.05) is 24.3 Å². The van der Waals surface area contributed by atoms with Gasteiger partial charge in [-0.3, -0.25) is 9.59 Å². The third-order valence-corrected chi connectivity index (χ3v) is 6.25. The second-order valence-corrected chi connectivity index (χ2v) is 8.12. The highest BCUT2D eigenvalue weighted by Gasteiger charge is 2.41. The molecule has 3 aliphatic rings. The van der Waals surface area contributed by atoms with Crippen molar-refractivity contribution in [2.45, 2.75) is 43.9 Å². The summed E-state index contributed by atoms with van der Waals surface area (Å²) in [5.74, 6) is -0.0834. The molecule has 2 atom stereocenters. The summed E-state index contributed by atoms with van der Waals surface area (Å²) in [6.07, 6.45) is 2.62. The number of carbonyl (C=O) groups excluding carboxylic acids is 2. The Bertz CT molecular complexity index is 728. The van der Waals surface area contributed by atoms with Crippen molar-refractivity contribution in [2.24, 2.45) is 5.92 Å². The largest absolute Gasteiger partial charge is 0.394 e. The lowest BCUT2D eigenvalue weighted by Gasteiger charge is -2.45. The van der Waals surface area contributed by atoms with Crippen LogP contribution in [0.3, 0.4) is 0 Å². The van der Waals surface area contributed by atoms with Crippen LogP contribution < -0.4 is 5.32 Å². The first-order valence-corrected chi connectivity index (χ1v) is 10.8. The molecule has 0 spiro atoms. The molecule has 0 bridgehead atoms. The summed E-state index contributed by atoms with van der Waals surface area (Å²) in [7, 11) is 0. The molecular formula is C22H30N2O6. The Hall–Kier alpha value is -2.00. The van der Waals surface area contributed by atoms with Crippen LogP contribution in [0.15, 0.2) is 24.3 Å². The zero-order valence-corrected chi connectivity index (χ0v) is 17.1. The topological polar surface area (TPSA) is 97.3 Å². The van der Waals surface area contributed by atoms with Crippen molar-refractivity contribution in [3.63, 3.8) is 0 Å². The van der Waals surface area contributed by atoms with E-state index in [0.717, 1.165) is 36.9 Å². The van der Waals surface area contributed by atoms with Crippen molar-refractivity contribution in [2.75, 3.05) is 45.0 Å². The molecule has 0 radical (unpaired) electrons. The van der Waals surface area contributed by atoms with Crippen molar-refractivity contribution >= 4 is 17.5 Å². The molecule has 3 fully saturated rings. The van der Waals surface area contributed by atoms with Crippen LogP contribution in [-0.2, 0) is 23.8 Å². The van der Waals surface area contributed by atoms with E-state index in [9.17, 15) is 14.7 Å². The summed E-state index contributed by atoms with van der Waals surface area (Å²) in [4.78, 5) is 26.8. The number of morpholine rings is 1. The Balaban J connectivity index is 1.44. The Morgan fingerprint density at radius 1 is 1.03 bits per heavy atom. The number of ether oxygens (including phenoxy) is 3. The van der Waals surface area contributed by atoms with Gasteiger partial charge < -0.3 is 29.5 Å². The van der Waals surface area contributed by atoms with Gasteiger partial charge in [-0.05, 0) is 43.4 Å². The maximum Gasteiger partial charge on any atom is 0.249 e. The first-order chi connectivity index (χ1) is 14.7. The molecule has 8 heteroatoms. The lowest BCUT2D eigenvalue weighted by atomic mass is 9.95. The molecule has 0 saturated carbocycles. The summed E-state index contributed by atoms with van der Waals surface area (Å²) in [5.41, 5.74) is 1.60. The number of nitrogens with one attached hydrogen (secondary N) is 1. The number of nitrogens with zero attached hydrogens (tertiary/aromatic N) is 1. The van der Waals surface area contributed by atoms with Crippen LogP contribution in [0.5, 0.6) is 0 Å².